The standard InChI is InChI=1S/C16H27N3O3/c1-11-9-19(10-12(2)21-11)14(20)8-6-7-13-17-15(18-22-13)16(3,4)5/h11-12H,6-10H2,1-5H3/t11-,12+. The molecule has 2 atom stereocenters. The first-order valence-electron chi connectivity index (χ1n) is 8.02. The van der Waals surface area contributed by atoms with E-state index in [-0.39, 0.29) is 23.5 Å². The zero-order valence-corrected chi connectivity index (χ0v) is 14.3. The van der Waals surface area contributed by atoms with E-state index in [0.717, 1.165) is 6.42 Å². The van der Waals surface area contributed by atoms with Gasteiger partial charge in [0.05, 0.1) is 12.2 Å². The smallest absolute Gasteiger partial charge is 0.226 e. The summed E-state index contributed by atoms with van der Waals surface area (Å²) >= 11 is 0. The van der Waals surface area contributed by atoms with E-state index < -0.39 is 0 Å². The first kappa shape index (κ1) is 16.9. The molecule has 1 aliphatic rings. The summed E-state index contributed by atoms with van der Waals surface area (Å²) in [5.41, 5.74) is -0.113. The lowest BCUT2D eigenvalue weighted by molar-refractivity contribution is -0.143. The molecule has 0 saturated carbocycles. The highest BCUT2D eigenvalue weighted by Crippen LogP contribution is 2.19. The van der Waals surface area contributed by atoms with Gasteiger partial charge in [0, 0.05) is 31.3 Å². The maximum Gasteiger partial charge on any atom is 0.226 e. The van der Waals surface area contributed by atoms with Crippen LogP contribution in [0.15, 0.2) is 4.52 Å². The Labute approximate surface area is 132 Å². The van der Waals surface area contributed by atoms with Crippen molar-refractivity contribution in [3.63, 3.8) is 0 Å². The van der Waals surface area contributed by atoms with E-state index in [1.165, 1.54) is 0 Å². The maximum atomic E-state index is 12.2. The van der Waals surface area contributed by atoms with Gasteiger partial charge in [-0.25, -0.2) is 0 Å². The Kier molecular flexibility index (Phi) is 5.21. The van der Waals surface area contributed by atoms with Gasteiger partial charge in [-0.3, -0.25) is 4.79 Å². The van der Waals surface area contributed by atoms with E-state index in [2.05, 4.69) is 10.1 Å². The number of nitrogens with zero attached hydrogens (tertiary/aromatic N) is 3. The van der Waals surface area contributed by atoms with Crippen LogP contribution in [-0.4, -0.2) is 46.2 Å². The average molecular weight is 309 g/mol. The molecule has 0 aromatic carbocycles. The zero-order valence-electron chi connectivity index (χ0n) is 14.3. The van der Waals surface area contributed by atoms with Crippen molar-refractivity contribution >= 4 is 5.91 Å². The Morgan fingerprint density at radius 1 is 1.27 bits per heavy atom. The Morgan fingerprint density at radius 2 is 1.91 bits per heavy atom. The highest BCUT2D eigenvalue weighted by molar-refractivity contribution is 5.76. The summed E-state index contributed by atoms with van der Waals surface area (Å²) in [4.78, 5) is 18.5. The summed E-state index contributed by atoms with van der Waals surface area (Å²) in [6.45, 7) is 11.5. The van der Waals surface area contributed by atoms with Crippen molar-refractivity contribution in [2.45, 2.75) is 71.5 Å². The van der Waals surface area contributed by atoms with Crippen molar-refractivity contribution in [3.8, 4) is 0 Å². The molecule has 0 spiro atoms. The van der Waals surface area contributed by atoms with Gasteiger partial charge in [-0.2, -0.15) is 4.98 Å². The van der Waals surface area contributed by atoms with E-state index in [0.29, 0.717) is 37.6 Å². The van der Waals surface area contributed by atoms with Crippen molar-refractivity contribution in [1.82, 2.24) is 15.0 Å². The third-order valence-electron chi connectivity index (χ3n) is 3.69. The molecule has 1 saturated heterocycles. The van der Waals surface area contributed by atoms with Crippen molar-refractivity contribution < 1.29 is 14.1 Å². The van der Waals surface area contributed by atoms with Gasteiger partial charge in [0.25, 0.3) is 0 Å². The van der Waals surface area contributed by atoms with Crippen LogP contribution in [0.3, 0.4) is 0 Å². The quantitative estimate of drug-likeness (QED) is 0.854. The number of amides is 1. The van der Waals surface area contributed by atoms with E-state index in [4.69, 9.17) is 9.26 Å². The predicted octanol–water partition coefficient (Wildman–Crippen LogP) is 2.33. The first-order chi connectivity index (χ1) is 10.3. The molecule has 6 nitrogen and oxygen atoms in total. The average Bonchev–Trinajstić information content (AvgIpc) is 2.86. The lowest BCUT2D eigenvalue weighted by Gasteiger charge is -2.35. The molecule has 0 N–H and O–H groups in total. The minimum Gasteiger partial charge on any atom is -0.372 e. The zero-order chi connectivity index (χ0) is 16.3. The number of rotatable bonds is 4. The van der Waals surface area contributed by atoms with Crippen LogP contribution >= 0.6 is 0 Å². The highest BCUT2D eigenvalue weighted by atomic mass is 16.5. The van der Waals surface area contributed by atoms with Crippen LogP contribution in [-0.2, 0) is 21.4 Å². The molecular weight excluding hydrogens is 282 g/mol. The second-order valence-electron chi connectivity index (χ2n) is 7.17. The molecule has 1 aromatic heterocycles. The molecule has 0 bridgehead atoms. The Bertz CT molecular complexity index is 497. The van der Waals surface area contributed by atoms with Crippen LogP contribution in [0, 0.1) is 0 Å². The summed E-state index contributed by atoms with van der Waals surface area (Å²) in [6.07, 6.45) is 2.10. The molecule has 1 amide bonds. The Hall–Kier alpha value is -1.43. The number of carbonyl (C=O) groups is 1. The van der Waals surface area contributed by atoms with Gasteiger partial charge in [-0.15, -0.1) is 0 Å². The molecule has 22 heavy (non-hydrogen) atoms. The molecule has 0 unspecified atom stereocenters. The Morgan fingerprint density at radius 3 is 2.45 bits per heavy atom. The fraction of sp³-hybridized carbons (Fsp3) is 0.812. The summed E-state index contributed by atoms with van der Waals surface area (Å²) in [5, 5.41) is 4.00. The molecular formula is C16H27N3O3. The highest BCUT2D eigenvalue weighted by Gasteiger charge is 2.25. The Balaban J connectivity index is 1.78. The van der Waals surface area contributed by atoms with Crippen LogP contribution in [0.25, 0.3) is 0 Å². The minimum absolute atomic E-state index is 0.109. The maximum absolute atomic E-state index is 12.2. The minimum atomic E-state index is -0.113. The molecule has 2 rings (SSSR count). The summed E-state index contributed by atoms with van der Waals surface area (Å²) in [5.74, 6) is 1.50. The molecule has 1 aliphatic heterocycles. The number of ether oxygens (including phenoxy) is 1. The van der Waals surface area contributed by atoms with Crippen LogP contribution in [0.2, 0.25) is 0 Å². The van der Waals surface area contributed by atoms with Crippen molar-refractivity contribution in [1.29, 1.82) is 0 Å². The number of hydrogen-bond donors (Lipinski definition) is 0. The van der Waals surface area contributed by atoms with E-state index >= 15 is 0 Å². The largest absolute Gasteiger partial charge is 0.372 e. The lowest BCUT2D eigenvalue weighted by atomic mass is 9.96. The summed E-state index contributed by atoms with van der Waals surface area (Å²) in [6, 6.07) is 0. The number of hydrogen-bond acceptors (Lipinski definition) is 5. The van der Waals surface area contributed by atoms with Gasteiger partial charge >= 0.3 is 0 Å². The molecule has 0 aliphatic carbocycles. The first-order valence-corrected chi connectivity index (χ1v) is 8.02. The third kappa shape index (κ3) is 4.53. The van der Waals surface area contributed by atoms with Gasteiger partial charge < -0.3 is 14.2 Å². The SMILES string of the molecule is C[C@@H]1CN(C(=O)CCCc2nc(C(C)(C)C)no2)C[C@H](C)O1. The van der Waals surface area contributed by atoms with Crippen LogP contribution in [0.4, 0.5) is 0 Å². The molecule has 124 valence electrons. The molecule has 6 heteroatoms. The number of morpholine rings is 1. The van der Waals surface area contributed by atoms with Crippen molar-refractivity contribution in [2.24, 2.45) is 0 Å². The topological polar surface area (TPSA) is 68.5 Å². The van der Waals surface area contributed by atoms with Gasteiger partial charge in [0.2, 0.25) is 11.8 Å². The molecule has 0 radical (unpaired) electrons. The van der Waals surface area contributed by atoms with Gasteiger partial charge in [0.15, 0.2) is 5.82 Å². The fourth-order valence-electron chi connectivity index (χ4n) is 2.59. The molecule has 1 fully saturated rings. The summed E-state index contributed by atoms with van der Waals surface area (Å²) in [7, 11) is 0. The van der Waals surface area contributed by atoms with E-state index in [1.54, 1.807) is 0 Å². The van der Waals surface area contributed by atoms with Crippen LogP contribution < -0.4 is 0 Å². The predicted molar refractivity (Wildman–Crippen MR) is 82.5 cm³/mol. The van der Waals surface area contributed by atoms with E-state index in [1.807, 2.05) is 39.5 Å². The van der Waals surface area contributed by atoms with Crippen LogP contribution in [0.5, 0.6) is 0 Å². The van der Waals surface area contributed by atoms with Crippen molar-refractivity contribution in [2.75, 3.05) is 13.1 Å². The second kappa shape index (κ2) is 6.77. The molecule has 2 heterocycles. The summed E-state index contributed by atoms with van der Waals surface area (Å²) < 4.78 is 10.9. The van der Waals surface area contributed by atoms with Gasteiger partial charge in [0.1, 0.15) is 0 Å². The van der Waals surface area contributed by atoms with Gasteiger partial charge in [-0.05, 0) is 20.3 Å². The second-order valence-corrected chi connectivity index (χ2v) is 7.17. The van der Waals surface area contributed by atoms with Gasteiger partial charge in [-0.1, -0.05) is 25.9 Å². The molecule has 1 aromatic rings. The number of aryl methyl sites for hydroxylation is 1. The number of carbonyl (C=O) groups excluding carboxylic acids is 1. The normalized spacial score (nSPS) is 22.9. The fourth-order valence-corrected chi connectivity index (χ4v) is 2.59. The monoisotopic (exact) mass is 309 g/mol. The van der Waals surface area contributed by atoms with E-state index in [9.17, 15) is 4.79 Å². The number of aromatic nitrogens is 2. The van der Waals surface area contributed by atoms with Crippen molar-refractivity contribution in [3.05, 3.63) is 11.7 Å². The lowest BCUT2D eigenvalue weighted by Crippen LogP contribution is -2.48. The van der Waals surface area contributed by atoms with Crippen LogP contribution in [0.1, 0.15) is 59.2 Å². The third-order valence-corrected chi connectivity index (χ3v) is 3.69.